The summed E-state index contributed by atoms with van der Waals surface area (Å²) in [6.07, 6.45) is 2.00. The first-order chi connectivity index (χ1) is 9.74. The fourth-order valence-electron chi connectivity index (χ4n) is 1.90. The molecule has 0 atom stereocenters. The number of rotatable bonds is 5. The maximum absolute atomic E-state index is 12.0. The molecule has 4 heteroatoms. The molecular weight excluding hydrogens is 270 g/mol. The maximum atomic E-state index is 12.0. The number of hydrogen-bond donors (Lipinski definition) is 2. The Labute approximate surface area is 123 Å². The Kier molecular flexibility index (Phi) is 5.21. The van der Waals surface area contributed by atoms with Crippen LogP contribution in [0.15, 0.2) is 53.4 Å². The van der Waals surface area contributed by atoms with Gasteiger partial charge >= 0.3 is 0 Å². The molecule has 0 aliphatic heterocycles. The summed E-state index contributed by atoms with van der Waals surface area (Å²) in [5.41, 5.74) is 2.42. The summed E-state index contributed by atoms with van der Waals surface area (Å²) < 4.78 is 0. The van der Waals surface area contributed by atoms with E-state index in [1.165, 1.54) is 0 Å². The van der Waals surface area contributed by atoms with Crippen LogP contribution in [0.4, 0.5) is 0 Å². The lowest BCUT2D eigenvalue weighted by molar-refractivity contribution is 0.0950. The van der Waals surface area contributed by atoms with E-state index < -0.39 is 0 Å². The molecule has 0 heterocycles. The second kappa shape index (κ2) is 7.12. The molecule has 0 saturated heterocycles. The third-order valence-electron chi connectivity index (χ3n) is 3.08. The molecule has 1 amide bonds. The third-order valence-corrected chi connectivity index (χ3v) is 3.82. The summed E-state index contributed by atoms with van der Waals surface area (Å²) in [4.78, 5) is 13.2. The van der Waals surface area contributed by atoms with E-state index in [1.807, 2.05) is 54.8 Å². The Morgan fingerprint density at radius 3 is 2.35 bits per heavy atom. The van der Waals surface area contributed by atoms with Crippen LogP contribution in [0.1, 0.15) is 21.5 Å². The van der Waals surface area contributed by atoms with Gasteiger partial charge in [-0.05, 0) is 41.6 Å². The zero-order chi connectivity index (χ0) is 14.4. The van der Waals surface area contributed by atoms with E-state index in [0.29, 0.717) is 12.1 Å². The Bertz CT molecular complexity index is 581. The molecule has 0 aromatic heterocycles. The number of thioether (sulfide) groups is 1. The maximum Gasteiger partial charge on any atom is 0.251 e. The van der Waals surface area contributed by atoms with E-state index in [4.69, 9.17) is 0 Å². The van der Waals surface area contributed by atoms with E-state index in [0.717, 1.165) is 16.0 Å². The van der Waals surface area contributed by atoms with E-state index in [-0.39, 0.29) is 12.5 Å². The van der Waals surface area contributed by atoms with Crippen LogP contribution in [-0.4, -0.2) is 17.3 Å². The van der Waals surface area contributed by atoms with Crippen molar-refractivity contribution in [3.05, 3.63) is 65.2 Å². The lowest BCUT2D eigenvalue weighted by Crippen LogP contribution is -2.23. The van der Waals surface area contributed by atoms with Crippen molar-refractivity contribution in [1.29, 1.82) is 0 Å². The monoisotopic (exact) mass is 287 g/mol. The Balaban J connectivity index is 2.01. The second-order valence-electron chi connectivity index (χ2n) is 4.34. The summed E-state index contributed by atoms with van der Waals surface area (Å²) in [6, 6.07) is 15.0. The molecule has 3 nitrogen and oxygen atoms in total. The van der Waals surface area contributed by atoms with Gasteiger partial charge in [0.25, 0.3) is 5.91 Å². The van der Waals surface area contributed by atoms with Crippen molar-refractivity contribution in [2.75, 3.05) is 6.26 Å². The van der Waals surface area contributed by atoms with Crippen LogP contribution in [0.2, 0.25) is 0 Å². The van der Waals surface area contributed by atoms with Crippen LogP contribution < -0.4 is 5.32 Å². The minimum Gasteiger partial charge on any atom is -0.392 e. The fourth-order valence-corrected chi connectivity index (χ4v) is 2.31. The molecule has 0 saturated carbocycles. The minimum absolute atomic E-state index is 0.0194. The first kappa shape index (κ1) is 14.6. The number of carbonyl (C=O) groups is 1. The number of amides is 1. The highest BCUT2D eigenvalue weighted by molar-refractivity contribution is 7.98. The van der Waals surface area contributed by atoms with Gasteiger partial charge in [0.2, 0.25) is 0 Å². The lowest BCUT2D eigenvalue weighted by atomic mass is 10.1. The average molecular weight is 287 g/mol. The van der Waals surface area contributed by atoms with Gasteiger partial charge in [0.05, 0.1) is 6.61 Å². The number of aliphatic hydroxyl groups excluding tert-OH is 1. The molecule has 0 aliphatic carbocycles. The second-order valence-corrected chi connectivity index (χ2v) is 5.22. The summed E-state index contributed by atoms with van der Waals surface area (Å²) in [7, 11) is 0. The topological polar surface area (TPSA) is 49.3 Å². The summed E-state index contributed by atoms with van der Waals surface area (Å²) >= 11 is 1.64. The standard InChI is InChI=1S/C16H17NO2S/c1-20-15-8-6-12(7-9-15)16(19)17-10-13-4-2-3-5-14(13)11-18/h2-9,18H,10-11H2,1H3,(H,17,19). The predicted molar refractivity (Wildman–Crippen MR) is 81.8 cm³/mol. The van der Waals surface area contributed by atoms with Crippen LogP contribution in [0, 0.1) is 0 Å². The zero-order valence-electron chi connectivity index (χ0n) is 11.3. The van der Waals surface area contributed by atoms with Crippen molar-refractivity contribution < 1.29 is 9.90 Å². The molecular formula is C16H17NO2S. The number of carbonyl (C=O) groups excluding carboxylic acids is 1. The number of hydrogen-bond acceptors (Lipinski definition) is 3. The van der Waals surface area contributed by atoms with Crippen molar-refractivity contribution in [1.82, 2.24) is 5.32 Å². The molecule has 2 rings (SSSR count). The molecule has 0 radical (unpaired) electrons. The molecule has 2 aromatic carbocycles. The molecule has 104 valence electrons. The van der Waals surface area contributed by atoms with E-state index >= 15 is 0 Å². The smallest absolute Gasteiger partial charge is 0.251 e. The zero-order valence-corrected chi connectivity index (χ0v) is 12.1. The highest BCUT2D eigenvalue weighted by Gasteiger charge is 2.06. The summed E-state index contributed by atoms with van der Waals surface area (Å²) in [5, 5.41) is 12.1. The molecule has 0 aliphatic rings. The van der Waals surface area contributed by atoms with Crippen molar-refractivity contribution in [3.8, 4) is 0 Å². The van der Waals surface area contributed by atoms with Crippen LogP contribution in [0.3, 0.4) is 0 Å². The molecule has 2 aromatic rings. The molecule has 0 bridgehead atoms. The molecule has 0 fully saturated rings. The molecule has 2 N–H and O–H groups in total. The predicted octanol–water partition coefficient (Wildman–Crippen LogP) is 2.83. The van der Waals surface area contributed by atoms with Gasteiger partial charge in [-0.15, -0.1) is 11.8 Å². The normalized spacial score (nSPS) is 10.3. The van der Waals surface area contributed by atoms with E-state index in [2.05, 4.69) is 5.32 Å². The van der Waals surface area contributed by atoms with Crippen molar-refractivity contribution in [3.63, 3.8) is 0 Å². The Morgan fingerprint density at radius 1 is 1.10 bits per heavy atom. The van der Waals surface area contributed by atoms with Crippen LogP contribution in [0.25, 0.3) is 0 Å². The quantitative estimate of drug-likeness (QED) is 0.831. The van der Waals surface area contributed by atoms with Gasteiger partial charge in [0.1, 0.15) is 0 Å². The summed E-state index contributed by atoms with van der Waals surface area (Å²) in [6.45, 7) is 0.397. The van der Waals surface area contributed by atoms with E-state index in [1.54, 1.807) is 11.8 Å². The van der Waals surface area contributed by atoms with Crippen molar-refractivity contribution >= 4 is 17.7 Å². The van der Waals surface area contributed by atoms with Crippen molar-refractivity contribution in [2.45, 2.75) is 18.0 Å². The first-order valence-corrected chi connectivity index (χ1v) is 7.57. The number of benzene rings is 2. The number of aliphatic hydroxyl groups is 1. The highest BCUT2D eigenvalue weighted by Crippen LogP contribution is 2.15. The molecule has 20 heavy (non-hydrogen) atoms. The summed E-state index contributed by atoms with van der Waals surface area (Å²) in [5.74, 6) is -0.106. The van der Waals surface area contributed by atoms with E-state index in [9.17, 15) is 9.90 Å². The van der Waals surface area contributed by atoms with Gasteiger partial charge < -0.3 is 10.4 Å². The largest absolute Gasteiger partial charge is 0.392 e. The number of nitrogens with one attached hydrogen (secondary N) is 1. The highest BCUT2D eigenvalue weighted by atomic mass is 32.2. The van der Waals surface area contributed by atoms with Gasteiger partial charge in [0, 0.05) is 17.0 Å². The van der Waals surface area contributed by atoms with Gasteiger partial charge in [-0.25, -0.2) is 0 Å². The fraction of sp³-hybridized carbons (Fsp3) is 0.188. The Hall–Kier alpha value is -1.78. The van der Waals surface area contributed by atoms with Crippen molar-refractivity contribution in [2.24, 2.45) is 0 Å². The van der Waals surface area contributed by atoms with Crippen LogP contribution >= 0.6 is 11.8 Å². The molecule has 0 spiro atoms. The average Bonchev–Trinajstić information content (AvgIpc) is 2.53. The third kappa shape index (κ3) is 3.62. The van der Waals surface area contributed by atoms with Gasteiger partial charge in [-0.3, -0.25) is 4.79 Å². The van der Waals surface area contributed by atoms with Gasteiger partial charge in [-0.1, -0.05) is 24.3 Å². The Morgan fingerprint density at radius 2 is 1.75 bits per heavy atom. The minimum atomic E-state index is -0.106. The van der Waals surface area contributed by atoms with Gasteiger partial charge in [0.15, 0.2) is 0 Å². The molecule has 0 unspecified atom stereocenters. The SMILES string of the molecule is CSc1ccc(C(=O)NCc2ccccc2CO)cc1. The van der Waals surface area contributed by atoms with Crippen LogP contribution in [0.5, 0.6) is 0 Å². The first-order valence-electron chi connectivity index (χ1n) is 6.34. The van der Waals surface area contributed by atoms with Crippen LogP contribution in [-0.2, 0) is 13.2 Å². The lowest BCUT2D eigenvalue weighted by Gasteiger charge is -2.09. The van der Waals surface area contributed by atoms with Gasteiger partial charge in [-0.2, -0.15) is 0 Å².